The van der Waals surface area contributed by atoms with Gasteiger partial charge in [-0.2, -0.15) is 11.8 Å². The Hall–Kier alpha value is 0.350. The number of rotatable bonds is 5. The maximum atomic E-state index is 4.32. The molecule has 0 aliphatic heterocycles. The topological polar surface area (TPSA) is 36.4 Å². The first kappa shape index (κ1) is 20.3. The Balaban J connectivity index is 0.00000361. The van der Waals surface area contributed by atoms with E-state index in [-0.39, 0.29) is 24.0 Å². The summed E-state index contributed by atoms with van der Waals surface area (Å²) in [4.78, 5) is 4.32. The standard InChI is InChI=1S/C15H31N3S.HI/c1-15(2,3)9-6-10-17-14(16-4)18-12-7-8-13(11-12)19-5;/h12-13H,6-11H2,1-5H3,(H2,16,17,18);1H. The van der Waals surface area contributed by atoms with Crippen LogP contribution in [0.4, 0.5) is 0 Å². The third-order valence-corrected chi connectivity index (χ3v) is 4.77. The predicted molar refractivity (Wildman–Crippen MR) is 104 cm³/mol. The van der Waals surface area contributed by atoms with Crippen LogP contribution in [0.2, 0.25) is 0 Å². The molecule has 2 unspecified atom stereocenters. The van der Waals surface area contributed by atoms with Crippen molar-refractivity contribution >= 4 is 41.7 Å². The minimum absolute atomic E-state index is 0. The smallest absolute Gasteiger partial charge is 0.191 e. The molecule has 0 aromatic heterocycles. The maximum absolute atomic E-state index is 4.32. The van der Waals surface area contributed by atoms with E-state index in [4.69, 9.17) is 0 Å². The average Bonchev–Trinajstić information content (AvgIpc) is 2.79. The Morgan fingerprint density at radius 1 is 1.30 bits per heavy atom. The van der Waals surface area contributed by atoms with Crippen molar-refractivity contribution in [1.29, 1.82) is 0 Å². The molecule has 0 bridgehead atoms. The molecule has 1 aliphatic rings. The van der Waals surface area contributed by atoms with Crippen LogP contribution in [0.25, 0.3) is 0 Å². The lowest BCUT2D eigenvalue weighted by atomic mass is 9.91. The van der Waals surface area contributed by atoms with Gasteiger partial charge in [0.25, 0.3) is 0 Å². The maximum Gasteiger partial charge on any atom is 0.191 e. The first-order valence-electron chi connectivity index (χ1n) is 7.44. The van der Waals surface area contributed by atoms with E-state index >= 15 is 0 Å². The van der Waals surface area contributed by atoms with Gasteiger partial charge in [-0.05, 0) is 43.8 Å². The van der Waals surface area contributed by atoms with Crippen molar-refractivity contribution in [3.05, 3.63) is 0 Å². The Labute approximate surface area is 146 Å². The third kappa shape index (κ3) is 8.60. The molecule has 0 aromatic rings. The van der Waals surface area contributed by atoms with Crippen LogP contribution in [0.1, 0.15) is 52.9 Å². The average molecular weight is 413 g/mol. The van der Waals surface area contributed by atoms with Crippen molar-refractivity contribution in [2.24, 2.45) is 10.4 Å². The van der Waals surface area contributed by atoms with Crippen molar-refractivity contribution in [3.63, 3.8) is 0 Å². The lowest BCUT2D eigenvalue weighted by Crippen LogP contribution is -2.43. The van der Waals surface area contributed by atoms with Gasteiger partial charge >= 0.3 is 0 Å². The van der Waals surface area contributed by atoms with E-state index in [1.807, 2.05) is 18.8 Å². The van der Waals surface area contributed by atoms with Gasteiger partial charge in [0.2, 0.25) is 0 Å². The van der Waals surface area contributed by atoms with Gasteiger partial charge < -0.3 is 10.6 Å². The lowest BCUT2D eigenvalue weighted by molar-refractivity contribution is 0.365. The molecule has 0 spiro atoms. The summed E-state index contributed by atoms with van der Waals surface area (Å²) in [7, 11) is 1.86. The lowest BCUT2D eigenvalue weighted by Gasteiger charge is -2.20. The van der Waals surface area contributed by atoms with E-state index in [2.05, 4.69) is 42.7 Å². The van der Waals surface area contributed by atoms with Crippen LogP contribution in [0.5, 0.6) is 0 Å². The largest absolute Gasteiger partial charge is 0.356 e. The number of nitrogens with zero attached hydrogens (tertiary/aromatic N) is 1. The monoisotopic (exact) mass is 413 g/mol. The van der Waals surface area contributed by atoms with Crippen LogP contribution >= 0.6 is 35.7 Å². The summed E-state index contributed by atoms with van der Waals surface area (Å²) in [5, 5.41) is 7.82. The second kappa shape index (κ2) is 10.1. The van der Waals surface area contributed by atoms with Crippen LogP contribution in [0.15, 0.2) is 4.99 Å². The summed E-state index contributed by atoms with van der Waals surface area (Å²) in [6.45, 7) is 7.89. The van der Waals surface area contributed by atoms with Gasteiger partial charge in [-0.3, -0.25) is 4.99 Å². The van der Waals surface area contributed by atoms with Crippen LogP contribution < -0.4 is 10.6 Å². The van der Waals surface area contributed by atoms with Crippen molar-refractivity contribution in [3.8, 4) is 0 Å². The highest BCUT2D eigenvalue weighted by Gasteiger charge is 2.24. The van der Waals surface area contributed by atoms with Gasteiger partial charge in [0.15, 0.2) is 5.96 Å². The fraction of sp³-hybridized carbons (Fsp3) is 0.933. The van der Waals surface area contributed by atoms with E-state index in [1.165, 1.54) is 32.1 Å². The number of thioether (sulfide) groups is 1. The van der Waals surface area contributed by atoms with E-state index in [1.54, 1.807) is 0 Å². The molecule has 3 nitrogen and oxygen atoms in total. The van der Waals surface area contributed by atoms with Crippen molar-refractivity contribution < 1.29 is 0 Å². The Bertz CT molecular complexity index is 289. The minimum atomic E-state index is 0. The highest BCUT2D eigenvalue weighted by molar-refractivity contribution is 14.0. The first-order valence-corrected chi connectivity index (χ1v) is 8.73. The molecule has 0 amide bonds. The van der Waals surface area contributed by atoms with E-state index < -0.39 is 0 Å². The molecule has 0 radical (unpaired) electrons. The summed E-state index contributed by atoms with van der Waals surface area (Å²) in [6.07, 6.45) is 8.53. The number of nitrogens with one attached hydrogen (secondary N) is 2. The molecule has 0 heterocycles. The van der Waals surface area contributed by atoms with Gasteiger partial charge in [-0.25, -0.2) is 0 Å². The fourth-order valence-corrected chi connectivity index (χ4v) is 3.30. The summed E-state index contributed by atoms with van der Waals surface area (Å²) >= 11 is 1.99. The number of hydrogen-bond acceptors (Lipinski definition) is 2. The fourth-order valence-electron chi connectivity index (χ4n) is 2.50. The summed E-state index contributed by atoms with van der Waals surface area (Å²) < 4.78 is 0. The van der Waals surface area contributed by atoms with Crippen LogP contribution in [-0.4, -0.2) is 37.1 Å². The molecule has 1 saturated carbocycles. The molecule has 0 aromatic carbocycles. The third-order valence-electron chi connectivity index (χ3n) is 3.68. The molecule has 0 saturated heterocycles. The molecule has 2 atom stereocenters. The summed E-state index contributed by atoms with van der Waals surface area (Å²) in [5.74, 6) is 0.973. The highest BCUT2D eigenvalue weighted by Crippen LogP contribution is 2.28. The zero-order valence-corrected chi connectivity index (χ0v) is 16.8. The molecule has 120 valence electrons. The predicted octanol–water partition coefficient (Wildman–Crippen LogP) is 3.88. The molecule has 20 heavy (non-hydrogen) atoms. The van der Waals surface area contributed by atoms with E-state index in [0.717, 1.165) is 17.8 Å². The Morgan fingerprint density at radius 2 is 2.00 bits per heavy atom. The summed E-state index contributed by atoms with van der Waals surface area (Å²) in [5.41, 5.74) is 0.426. The number of halogens is 1. The highest BCUT2D eigenvalue weighted by atomic mass is 127. The quantitative estimate of drug-likeness (QED) is 0.311. The van der Waals surface area contributed by atoms with Crippen LogP contribution in [0, 0.1) is 5.41 Å². The molecule has 1 aliphatic carbocycles. The van der Waals surface area contributed by atoms with Crippen LogP contribution in [0.3, 0.4) is 0 Å². The minimum Gasteiger partial charge on any atom is -0.356 e. The van der Waals surface area contributed by atoms with E-state index in [9.17, 15) is 0 Å². The molecular weight excluding hydrogens is 381 g/mol. The van der Waals surface area contributed by atoms with Crippen molar-refractivity contribution in [2.75, 3.05) is 19.8 Å². The molecule has 5 heteroatoms. The number of hydrogen-bond donors (Lipinski definition) is 2. The normalized spacial score (nSPS) is 23.4. The second-order valence-electron chi connectivity index (χ2n) is 6.68. The number of aliphatic imine (C=N–C) groups is 1. The zero-order chi connectivity index (χ0) is 14.3. The first-order chi connectivity index (χ1) is 8.94. The van der Waals surface area contributed by atoms with E-state index in [0.29, 0.717) is 11.5 Å². The van der Waals surface area contributed by atoms with Gasteiger partial charge in [0.1, 0.15) is 0 Å². The van der Waals surface area contributed by atoms with Gasteiger partial charge in [0, 0.05) is 24.9 Å². The number of guanidine groups is 1. The van der Waals surface area contributed by atoms with Gasteiger partial charge in [0.05, 0.1) is 0 Å². The van der Waals surface area contributed by atoms with Crippen LogP contribution in [-0.2, 0) is 0 Å². The van der Waals surface area contributed by atoms with Gasteiger partial charge in [-0.1, -0.05) is 20.8 Å². The van der Waals surface area contributed by atoms with Crippen molar-refractivity contribution in [1.82, 2.24) is 10.6 Å². The zero-order valence-electron chi connectivity index (χ0n) is 13.7. The Morgan fingerprint density at radius 3 is 2.50 bits per heavy atom. The molecule has 2 N–H and O–H groups in total. The molecular formula is C15H32IN3S. The van der Waals surface area contributed by atoms with Crippen molar-refractivity contribution in [2.45, 2.75) is 64.2 Å². The second-order valence-corrected chi connectivity index (χ2v) is 7.81. The summed E-state index contributed by atoms with van der Waals surface area (Å²) in [6, 6.07) is 0.603. The SMILES string of the molecule is CN=C(NCCCC(C)(C)C)NC1CCC(SC)C1.I. The Kier molecular flexibility index (Phi) is 10.3. The molecule has 1 rings (SSSR count). The molecule has 1 fully saturated rings. The van der Waals surface area contributed by atoms with Gasteiger partial charge in [-0.15, -0.1) is 24.0 Å².